The van der Waals surface area contributed by atoms with Crippen molar-refractivity contribution in [2.45, 2.75) is 13.0 Å². The summed E-state index contributed by atoms with van der Waals surface area (Å²) in [5, 5.41) is 14.0. The van der Waals surface area contributed by atoms with Crippen LogP contribution >= 0.6 is 15.9 Å². The normalized spacial score (nSPS) is 11.9. The van der Waals surface area contributed by atoms with Crippen molar-refractivity contribution >= 4 is 27.4 Å². The van der Waals surface area contributed by atoms with Crippen LogP contribution in [0.3, 0.4) is 0 Å². The van der Waals surface area contributed by atoms with E-state index in [1.165, 1.54) is 12.3 Å². The lowest BCUT2D eigenvalue weighted by Gasteiger charge is -2.14. The number of benzene rings is 1. The molecule has 1 unspecified atom stereocenters. The van der Waals surface area contributed by atoms with E-state index < -0.39 is 4.92 Å². The third-order valence-corrected chi connectivity index (χ3v) is 3.24. The highest BCUT2D eigenvalue weighted by molar-refractivity contribution is 9.10. The number of pyridine rings is 1. The van der Waals surface area contributed by atoms with Gasteiger partial charge in [0.15, 0.2) is 0 Å². The molecule has 0 aliphatic carbocycles. The second-order valence-electron chi connectivity index (χ2n) is 4.05. The number of nitrogens with one attached hydrogen (secondary N) is 1. The predicted octanol–water partition coefficient (Wildman–Crippen LogP) is 3.93. The van der Waals surface area contributed by atoms with E-state index in [1.807, 2.05) is 31.2 Å². The average Bonchev–Trinajstić information content (AvgIpc) is 2.39. The van der Waals surface area contributed by atoms with E-state index >= 15 is 0 Å². The first kappa shape index (κ1) is 13.5. The van der Waals surface area contributed by atoms with Gasteiger partial charge in [0, 0.05) is 16.7 Å². The van der Waals surface area contributed by atoms with Crippen LogP contribution in [-0.4, -0.2) is 9.91 Å². The van der Waals surface area contributed by atoms with E-state index in [9.17, 15) is 10.1 Å². The Hall–Kier alpha value is -1.95. The number of hydrogen-bond acceptors (Lipinski definition) is 4. The number of aromatic nitrogens is 1. The highest BCUT2D eigenvalue weighted by atomic mass is 79.9. The predicted molar refractivity (Wildman–Crippen MR) is 77.1 cm³/mol. The number of nitrogens with zero attached hydrogens (tertiary/aromatic N) is 2. The van der Waals surface area contributed by atoms with Gasteiger partial charge < -0.3 is 5.32 Å². The molecule has 0 saturated heterocycles. The van der Waals surface area contributed by atoms with Crippen molar-refractivity contribution in [3.63, 3.8) is 0 Å². The van der Waals surface area contributed by atoms with Gasteiger partial charge in [-0.3, -0.25) is 10.1 Å². The molecular weight excluding hydrogens is 310 g/mol. The van der Waals surface area contributed by atoms with Crippen LogP contribution in [0.4, 0.5) is 11.5 Å². The maximum absolute atomic E-state index is 10.9. The Balaban J connectivity index is 2.21. The summed E-state index contributed by atoms with van der Waals surface area (Å²) in [5.74, 6) is 0.280. The van der Waals surface area contributed by atoms with Crippen molar-refractivity contribution < 1.29 is 4.92 Å². The molecule has 19 heavy (non-hydrogen) atoms. The van der Waals surface area contributed by atoms with Crippen LogP contribution in [0.25, 0.3) is 0 Å². The first-order valence-corrected chi connectivity index (χ1v) is 6.48. The smallest absolute Gasteiger partial charge is 0.311 e. The van der Waals surface area contributed by atoms with Crippen molar-refractivity contribution in [1.29, 1.82) is 0 Å². The third kappa shape index (κ3) is 3.29. The van der Waals surface area contributed by atoms with Gasteiger partial charge in [0.05, 0.1) is 11.0 Å². The fraction of sp³-hybridized carbons (Fsp3) is 0.154. The zero-order chi connectivity index (χ0) is 13.8. The molecule has 0 radical (unpaired) electrons. The lowest BCUT2D eigenvalue weighted by molar-refractivity contribution is -0.384. The van der Waals surface area contributed by atoms with Gasteiger partial charge in [-0.1, -0.05) is 28.1 Å². The molecule has 0 fully saturated rings. The Morgan fingerprint density at radius 1 is 1.32 bits per heavy atom. The molecule has 0 aliphatic rings. The summed E-state index contributed by atoms with van der Waals surface area (Å²) in [5.41, 5.74) is 1.01. The van der Waals surface area contributed by atoms with Gasteiger partial charge in [-0.25, -0.2) is 4.98 Å². The maximum atomic E-state index is 10.9. The lowest BCUT2D eigenvalue weighted by atomic mass is 10.1. The Bertz CT molecular complexity index is 587. The highest BCUT2D eigenvalue weighted by Gasteiger charge is 2.16. The van der Waals surface area contributed by atoms with Gasteiger partial charge in [-0.05, 0) is 30.7 Å². The fourth-order valence-electron chi connectivity index (χ4n) is 1.70. The van der Waals surface area contributed by atoms with E-state index in [0.717, 1.165) is 10.0 Å². The number of halogens is 1. The van der Waals surface area contributed by atoms with E-state index in [2.05, 4.69) is 26.2 Å². The molecule has 0 saturated carbocycles. The minimum absolute atomic E-state index is 0.0218. The van der Waals surface area contributed by atoms with Crippen LogP contribution in [0.15, 0.2) is 47.1 Å². The largest absolute Gasteiger partial charge is 0.358 e. The summed E-state index contributed by atoms with van der Waals surface area (Å²) in [6.07, 6.45) is 1.53. The molecule has 0 spiro atoms. The molecule has 0 amide bonds. The second-order valence-corrected chi connectivity index (χ2v) is 4.96. The molecule has 0 aliphatic heterocycles. The number of nitro groups is 1. The van der Waals surface area contributed by atoms with E-state index in [4.69, 9.17) is 0 Å². The van der Waals surface area contributed by atoms with Crippen LogP contribution in [0.1, 0.15) is 18.5 Å². The molecule has 0 bridgehead atoms. The lowest BCUT2D eigenvalue weighted by Crippen LogP contribution is -2.09. The van der Waals surface area contributed by atoms with Crippen LogP contribution in [0, 0.1) is 10.1 Å². The summed E-state index contributed by atoms with van der Waals surface area (Å²) in [4.78, 5) is 14.5. The SMILES string of the molecule is CC(Nc1ncccc1[N+](=O)[O-])c1ccc(Br)cc1. The van der Waals surface area contributed by atoms with Gasteiger partial charge in [0.2, 0.25) is 5.82 Å². The summed E-state index contributed by atoms with van der Waals surface area (Å²) < 4.78 is 0.993. The molecular formula is C13H12BrN3O2. The molecule has 5 nitrogen and oxygen atoms in total. The van der Waals surface area contributed by atoms with Crippen molar-refractivity contribution in [3.05, 3.63) is 62.7 Å². The topological polar surface area (TPSA) is 68.1 Å². The third-order valence-electron chi connectivity index (χ3n) is 2.71. The molecule has 2 rings (SSSR count). The molecule has 1 atom stereocenters. The molecule has 1 N–H and O–H groups in total. The van der Waals surface area contributed by atoms with Gasteiger partial charge in [0.25, 0.3) is 0 Å². The quantitative estimate of drug-likeness (QED) is 0.684. The Labute approximate surface area is 119 Å². The van der Waals surface area contributed by atoms with Gasteiger partial charge in [0.1, 0.15) is 0 Å². The minimum Gasteiger partial charge on any atom is -0.358 e. The molecule has 2 aromatic rings. The second kappa shape index (κ2) is 5.79. The van der Waals surface area contributed by atoms with Crippen molar-refractivity contribution in [2.24, 2.45) is 0 Å². The monoisotopic (exact) mass is 321 g/mol. The van der Waals surface area contributed by atoms with Crippen molar-refractivity contribution in [2.75, 3.05) is 5.32 Å². The highest BCUT2D eigenvalue weighted by Crippen LogP contribution is 2.26. The summed E-state index contributed by atoms with van der Waals surface area (Å²) in [7, 11) is 0. The van der Waals surface area contributed by atoms with Crippen LogP contribution in [0.2, 0.25) is 0 Å². The summed E-state index contributed by atoms with van der Waals surface area (Å²) in [6.45, 7) is 1.93. The molecule has 1 aromatic carbocycles. The summed E-state index contributed by atoms with van der Waals surface area (Å²) in [6, 6.07) is 10.7. The standard InChI is InChI=1S/C13H12BrN3O2/c1-9(10-4-6-11(14)7-5-10)16-13-12(17(18)19)3-2-8-15-13/h2-9H,1H3,(H,15,16). The van der Waals surface area contributed by atoms with Crippen LogP contribution < -0.4 is 5.32 Å². The number of anilines is 1. The van der Waals surface area contributed by atoms with Crippen LogP contribution in [-0.2, 0) is 0 Å². The number of rotatable bonds is 4. The van der Waals surface area contributed by atoms with Crippen LogP contribution in [0.5, 0.6) is 0 Å². The van der Waals surface area contributed by atoms with E-state index in [-0.39, 0.29) is 17.5 Å². The number of hydrogen-bond donors (Lipinski definition) is 1. The minimum atomic E-state index is -0.441. The Kier molecular flexibility index (Phi) is 4.11. The summed E-state index contributed by atoms with van der Waals surface area (Å²) >= 11 is 3.37. The molecule has 1 aromatic heterocycles. The zero-order valence-electron chi connectivity index (χ0n) is 10.2. The molecule has 98 valence electrons. The molecule has 1 heterocycles. The van der Waals surface area contributed by atoms with Gasteiger partial charge in [-0.2, -0.15) is 0 Å². The Morgan fingerprint density at radius 2 is 2.00 bits per heavy atom. The van der Waals surface area contributed by atoms with Gasteiger partial charge >= 0.3 is 5.69 Å². The maximum Gasteiger partial charge on any atom is 0.311 e. The first-order chi connectivity index (χ1) is 9.08. The van der Waals surface area contributed by atoms with E-state index in [0.29, 0.717) is 0 Å². The van der Waals surface area contributed by atoms with E-state index in [1.54, 1.807) is 6.07 Å². The van der Waals surface area contributed by atoms with Crippen molar-refractivity contribution in [3.8, 4) is 0 Å². The Morgan fingerprint density at radius 3 is 2.63 bits per heavy atom. The average molecular weight is 322 g/mol. The van der Waals surface area contributed by atoms with Crippen molar-refractivity contribution in [1.82, 2.24) is 4.98 Å². The van der Waals surface area contributed by atoms with Gasteiger partial charge in [-0.15, -0.1) is 0 Å². The zero-order valence-corrected chi connectivity index (χ0v) is 11.8. The molecule has 6 heteroatoms. The fourth-order valence-corrected chi connectivity index (χ4v) is 1.96. The first-order valence-electron chi connectivity index (χ1n) is 5.69.